The molecule has 0 N–H and O–H groups in total. The highest BCUT2D eigenvalue weighted by molar-refractivity contribution is 7.98. The van der Waals surface area contributed by atoms with Crippen molar-refractivity contribution in [3.8, 4) is 11.4 Å². The number of ether oxygens (including phenoxy) is 1. The lowest BCUT2D eigenvalue weighted by Gasteiger charge is -2.16. The van der Waals surface area contributed by atoms with E-state index in [1.807, 2.05) is 18.2 Å². The fourth-order valence-corrected chi connectivity index (χ4v) is 4.86. The number of fused-ring (bicyclic) bond motifs is 1. The molecule has 5 rings (SSSR count). The van der Waals surface area contributed by atoms with E-state index in [0.29, 0.717) is 62.3 Å². The summed E-state index contributed by atoms with van der Waals surface area (Å²) >= 11 is 13.7. The summed E-state index contributed by atoms with van der Waals surface area (Å²) in [5.41, 5.74) is 1.13. The highest BCUT2D eigenvalue weighted by Crippen LogP contribution is 2.28. The van der Waals surface area contributed by atoms with Crippen molar-refractivity contribution in [2.75, 3.05) is 6.61 Å². The van der Waals surface area contributed by atoms with E-state index in [1.54, 1.807) is 28.8 Å². The number of halogens is 2. The van der Waals surface area contributed by atoms with Crippen molar-refractivity contribution in [1.29, 1.82) is 0 Å². The molecule has 0 spiro atoms. The molecule has 0 saturated carbocycles. The average molecular weight is 489 g/mol. The first kappa shape index (κ1) is 21.5. The second-order valence-electron chi connectivity index (χ2n) is 7.39. The van der Waals surface area contributed by atoms with Crippen molar-refractivity contribution < 1.29 is 9.26 Å². The largest absolute Gasteiger partial charge is 0.376 e. The van der Waals surface area contributed by atoms with Crippen molar-refractivity contribution in [2.45, 2.75) is 36.4 Å². The summed E-state index contributed by atoms with van der Waals surface area (Å²) in [7, 11) is 0. The summed E-state index contributed by atoms with van der Waals surface area (Å²) in [5, 5.41) is 6.18. The average Bonchev–Trinajstić information content (AvgIpc) is 3.47. The van der Waals surface area contributed by atoms with Crippen molar-refractivity contribution in [3.63, 3.8) is 0 Å². The molecule has 32 heavy (non-hydrogen) atoms. The molecule has 1 atom stereocenters. The first-order chi connectivity index (χ1) is 15.6. The maximum absolute atomic E-state index is 13.2. The summed E-state index contributed by atoms with van der Waals surface area (Å²) in [6, 6.07) is 12.4. The molecule has 3 heterocycles. The second-order valence-corrected chi connectivity index (χ2v) is 9.17. The number of aromatic nitrogens is 4. The Kier molecular flexibility index (Phi) is 6.19. The van der Waals surface area contributed by atoms with E-state index < -0.39 is 0 Å². The van der Waals surface area contributed by atoms with E-state index in [9.17, 15) is 4.79 Å². The minimum Gasteiger partial charge on any atom is -0.376 e. The quantitative estimate of drug-likeness (QED) is 0.271. The molecule has 164 valence electrons. The molecule has 10 heteroatoms. The molecule has 0 bridgehead atoms. The summed E-state index contributed by atoms with van der Waals surface area (Å²) in [4.78, 5) is 22.4. The zero-order valence-electron chi connectivity index (χ0n) is 16.8. The minimum absolute atomic E-state index is 0.00571. The molecule has 0 amide bonds. The molecular weight excluding hydrogens is 471 g/mol. The van der Waals surface area contributed by atoms with Crippen molar-refractivity contribution >= 4 is 45.9 Å². The third-order valence-corrected chi connectivity index (χ3v) is 6.73. The molecule has 1 fully saturated rings. The topological polar surface area (TPSA) is 83.0 Å². The van der Waals surface area contributed by atoms with Gasteiger partial charge in [-0.2, -0.15) is 4.98 Å². The fraction of sp³-hybridized carbons (Fsp3) is 0.273. The molecule has 2 aromatic heterocycles. The molecule has 7 nitrogen and oxygen atoms in total. The summed E-state index contributed by atoms with van der Waals surface area (Å²) in [6.07, 6.45) is 1.90. The van der Waals surface area contributed by atoms with E-state index >= 15 is 0 Å². The van der Waals surface area contributed by atoms with E-state index in [0.717, 1.165) is 12.8 Å². The number of hydrogen-bond donors (Lipinski definition) is 0. The van der Waals surface area contributed by atoms with E-state index in [2.05, 4.69) is 10.1 Å². The van der Waals surface area contributed by atoms with Crippen LogP contribution < -0.4 is 5.56 Å². The normalized spacial score (nSPS) is 16.1. The van der Waals surface area contributed by atoms with Gasteiger partial charge in [-0.3, -0.25) is 9.36 Å². The van der Waals surface area contributed by atoms with Gasteiger partial charge in [-0.25, -0.2) is 4.98 Å². The van der Waals surface area contributed by atoms with E-state index in [1.165, 1.54) is 11.8 Å². The minimum atomic E-state index is -0.119. The second kappa shape index (κ2) is 9.23. The molecular formula is C22H18Cl2N4O3S. The fourth-order valence-electron chi connectivity index (χ4n) is 3.63. The molecule has 0 radical (unpaired) electrons. The molecule has 0 unspecified atom stereocenters. The van der Waals surface area contributed by atoms with Crippen LogP contribution in [-0.2, 0) is 17.0 Å². The third kappa shape index (κ3) is 4.41. The zero-order chi connectivity index (χ0) is 22.1. The van der Waals surface area contributed by atoms with Gasteiger partial charge in [0, 0.05) is 17.2 Å². The molecule has 0 aliphatic carbocycles. The molecule has 1 aliphatic heterocycles. The van der Waals surface area contributed by atoms with Crippen LogP contribution in [0.15, 0.2) is 56.9 Å². The van der Waals surface area contributed by atoms with Gasteiger partial charge in [0.1, 0.15) is 0 Å². The molecule has 1 saturated heterocycles. The Hall–Kier alpha value is -2.39. The Bertz CT molecular complexity index is 1330. The highest BCUT2D eigenvalue weighted by Gasteiger charge is 2.21. The zero-order valence-corrected chi connectivity index (χ0v) is 19.2. The lowest BCUT2D eigenvalue weighted by atomic mass is 10.2. The van der Waals surface area contributed by atoms with Crippen LogP contribution in [0.2, 0.25) is 10.0 Å². The van der Waals surface area contributed by atoms with E-state index in [-0.39, 0.29) is 11.7 Å². The van der Waals surface area contributed by atoms with Crippen LogP contribution in [0.25, 0.3) is 22.3 Å². The van der Waals surface area contributed by atoms with Crippen LogP contribution in [0, 0.1) is 0 Å². The van der Waals surface area contributed by atoms with Crippen molar-refractivity contribution in [1.82, 2.24) is 19.7 Å². The van der Waals surface area contributed by atoms with Crippen LogP contribution >= 0.6 is 35.0 Å². The molecule has 2 aromatic carbocycles. The lowest BCUT2D eigenvalue weighted by molar-refractivity contribution is 0.0937. The van der Waals surface area contributed by atoms with Gasteiger partial charge in [0.25, 0.3) is 5.56 Å². The number of rotatable bonds is 6. The Morgan fingerprint density at radius 3 is 2.84 bits per heavy atom. The maximum Gasteiger partial charge on any atom is 0.262 e. The van der Waals surface area contributed by atoms with E-state index in [4.69, 9.17) is 37.4 Å². The van der Waals surface area contributed by atoms with Crippen molar-refractivity contribution in [3.05, 3.63) is 68.8 Å². The number of benzene rings is 2. The Balaban J connectivity index is 1.45. The Morgan fingerprint density at radius 1 is 1.16 bits per heavy atom. The van der Waals surface area contributed by atoms with Gasteiger partial charge in [-0.15, -0.1) is 0 Å². The Labute approximate surface area is 197 Å². The first-order valence-electron chi connectivity index (χ1n) is 10.1. The third-order valence-electron chi connectivity index (χ3n) is 5.20. The predicted octanol–water partition coefficient (Wildman–Crippen LogP) is 5.22. The maximum atomic E-state index is 13.2. The predicted molar refractivity (Wildman–Crippen MR) is 124 cm³/mol. The van der Waals surface area contributed by atoms with Gasteiger partial charge in [-0.1, -0.05) is 52.3 Å². The Morgan fingerprint density at radius 2 is 2.03 bits per heavy atom. The van der Waals surface area contributed by atoms with Crippen LogP contribution in [0.3, 0.4) is 0 Å². The van der Waals surface area contributed by atoms with Crippen LogP contribution in [0.1, 0.15) is 18.7 Å². The van der Waals surface area contributed by atoms with Gasteiger partial charge >= 0.3 is 0 Å². The summed E-state index contributed by atoms with van der Waals surface area (Å²) in [6.45, 7) is 1.16. The van der Waals surface area contributed by atoms with Gasteiger partial charge in [0.15, 0.2) is 5.16 Å². The summed E-state index contributed by atoms with van der Waals surface area (Å²) in [5.74, 6) is 1.18. The smallest absolute Gasteiger partial charge is 0.262 e. The first-order valence-corrected chi connectivity index (χ1v) is 11.8. The number of hydrogen-bond acceptors (Lipinski definition) is 7. The standard InChI is InChI=1S/C22H18Cl2N4O3S/c23-13-7-8-16-18(10-13)25-22(28(21(16)29)11-14-4-3-9-30-14)32-12-19-26-20(27-31-19)15-5-1-2-6-17(15)24/h1-2,5-8,10,14H,3-4,9,11-12H2/t14-/m0/s1. The number of thioether (sulfide) groups is 1. The lowest BCUT2D eigenvalue weighted by Crippen LogP contribution is -2.28. The van der Waals surface area contributed by atoms with Gasteiger partial charge in [0.2, 0.25) is 11.7 Å². The molecule has 1 aliphatic rings. The van der Waals surface area contributed by atoms with Crippen LogP contribution in [0.5, 0.6) is 0 Å². The summed E-state index contributed by atoms with van der Waals surface area (Å²) < 4.78 is 12.8. The SMILES string of the molecule is O=c1c2ccc(Cl)cc2nc(SCc2nc(-c3ccccc3Cl)no2)n1C[C@@H]1CCCO1. The van der Waals surface area contributed by atoms with Crippen LogP contribution in [-0.4, -0.2) is 32.4 Å². The highest BCUT2D eigenvalue weighted by atomic mass is 35.5. The van der Waals surface area contributed by atoms with Crippen molar-refractivity contribution in [2.24, 2.45) is 0 Å². The number of nitrogens with zero attached hydrogens (tertiary/aromatic N) is 4. The van der Waals surface area contributed by atoms with Gasteiger partial charge in [0.05, 0.1) is 34.3 Å². The van der Waals surface area contributed by atoms with Gasteiger partial charge < -0.3 is 9.26 Å². The molecule has 4 aromatic rings. The van der Waals surface area contributed by atoms with Crippen LogP contribution in [0.4, 0.5) is 0 Å². The monoisotopic (exact) mass is 488 g/mol. The van der Waals surface area contributed by atoms with Gasteiger partial charge in [-0.05, 0) is 43.2 Å².